The van der Waals surface area contributed by atoms with E-state index in [2.05, 4.69) is 40.7 Å². The van der Waals surface area contributed by atoms with Crippen molar-refractivity contribution in [2.75, 3.05) is 6.61 Å². The minimum Gasteiger partial charge on any atom is -0.481 e. The fourth-order valence-corrected chi connectivity index (χ4v) is 11.7. The first-order valence-corrected chi connectivity index (χ1v) is 16.7. The van der Waals surface area contributed by atoms with Crippen molar-refractivity contribution in [2.24, 2.45) is 50.2 Å². The predicted molar refractivity (Wildman–Crippen MR) is 164 cm³/mol. The average molecular weight is 615 g/mol. The molecule has 0 aromatic heterocycles. The summed E-state index contributed by atoms with van der Waals surface area (Å²) in [6, 6.07) is 0. The van der Waals surface area contributed by atoms with E-state index < -0.39 is 46.9 Å². The van der Waals surface area contributed by atoms with Crippen molar-refractivity contribution in [1.29, 1.82) is 0 Å². The molecule has 0 amide bonds. The summed E-state index contributed by atoms with van der Waals surface area (Å²) in [7, 11) is 0. The van der Waals surface area contributed by atoms with E-state index in [0.717, 1.165) is 44.9 Å². The normalized spacial score (nSPS) is 45.7. The minimum absolute atomic E-state index is 0.0218. The number of aliphatic carboxylic acids is 1. The van der Waals surface area contributed by atoms with E-state index in [1.54, 1.807) is 0 Å². The van der Waals surface area contributed by atoms with Crippen LogP contribution < -0.4 is 0 Å². The molecule has 0 aromatic carbocycles. The number of esters is 3. The topological polar surface area (TPSA) is 116 Å². The fourth-order valence-electron chi connectivity index (χ4n) is 11.7. The molecule has 0 aromatic rings. The van der Waals surface area contributed by atoms with Gasteiger partial charge < -0.3 is 19.3 Å². The summed E-state index contributed by atoms with van der Waals surface area (Å²) >= 11 is 0. The van der Waals surface area contributed by atoms with E-state index >= 15 is 0 Å². The number of carboxylic acid groups (broad SMARTS) is 1. The first-order valence-electron chi connectivity index (χ1n) is 16.7. The van der Waals surface area contributed by atoms with Gasteiger partial charge in [-0.2, -0.15) is 0 Å². The molecule has 8 heteroatoms. The molecular formula is C36H54O8. The molecule has 0 aliphatic heterocycles. The lowest BCUT2D eigenvalue weighted by Gasteiger charge is -2.71. The smallest absolute Gasteiger partial charge is 0.310 e. The second kappa shape index (κ2) is 10.6. The molecule has 0 saturated heterocycles. The molecule has 10 atom stereocenters. The highest BCUT2D eigenvalue weighted by Gasteiger charge is 2.71. The molecule has 4 fully saturated rings. The van der Waals surface area contributed by atoms with Gasteiger partial charge in [-0.3, -0.25) is 19.2 Å². The number of carbonyl (C=O) groups excluding carboxylic acids is 3. The van der Waals surface area contributed by atoms with Crippen LogP contribution in [0.5, 0.6) is 0 Å². The van der Waals surface area contributed by atoms with Crippen LogP contribution in [0.3, 0.4) is 0 Å². The molecular weight excluding hydrogens is 560 g/mol. The molecule has 4 saturated carbocycles. The number of allylic oxidation sites excluding steroid dienone is 2. The lowest BCUT2D eigenvalue weighted by Crippen LogP contribution is -2.69. The summed E-state index contributed by atoms with van der Waals surface area (Å²) in [6.45, 7) is 17.9. The fraction of sp³-hybridized carbons (Fsp3) is 0.833. The van der Waals surface area contributed by atoms with Gasteiger partial charge in [0.05, 0.1) is 5.41 Å². The van der Waals surface area contributed by atoms with E-state index in [0.29, 0.717) is 12.8 Å². The molecule has 5 aliphatic carbocycles. The molecule has 0 radical (unpaired) electrons. The Morgan fingerprint density at radius 2 is 1.45 bits per heavy atom. The Balaban J connectivity index is 1.62. The van der Waals surface area contributed by atoms with E-state index in [-0.39, 0.29) is 46.0 Å². The van der Waals surface area contributed by atoms with Gasteiger partial charge in [0.25, 0.3) is 0 Å². The summed E-state index contributed by atoms with van der Waals surface area (Å²) in [5, 5.41) is 10.7. The zero-order valence-electron chi connectivity index (χ0n) is 28.3. The first kappa shape index (κ1) is 33.0. The Labute approximate surface area is 263 Å². The number of hydrogen-bond acceptors (Lipinski definition) is 7. The van der Waals surface area contributed by atoms with Crippen LogP contribution in [-0.2, 0) is 33.4 Å². The van der Waals surface area contributed by atoms with E-state index in [4.69, 9.17) is 14.2 Å². The Hall–Kier alpha value is -2.38. The molecule has 246 valence electrons. The van der Waals surface area contributed by atoms with Gasteiger partial charge >= 0.3 is 23.9 Å². The molecule has 44 heavy (non-hydrogen) atoms. The molecule has 0 spiro atoms. The van der Waals surface area contributed by atoms with Crippen LogP contribution in [0, 0.1) is 50.2 Å². The molecule has 1 N–H and O–H groups in total. The van der Waals surface area contributed by atoms with Crippen molar-refractivity contribution < 1.29 is 38.5 Å². The Bertz CT molecular complexity index is 1270. The third-order valence-corrected chi connectivity index (χ3v) is 14.0. The predicted octanol–water partition coefficient (Wildman–Crippen LogP) is 6.89. The molecule has 0 bridgehead atoms. The molecule has 5 rings (SSSR count). The van der Waals surface area contributed by atoms with Crippen molar-refractivity contribution in [3.8, 4) is 0 Å². The number of hydrogen-bond donors (Lipinski definition) is 1. The van der Waals surface area contributed by atoms with Gasteiger partial charge in [0.15, 0.2) is 0 Å². The molecule has 0 unspecified atom stereocenters. The maximum Gasteiger partial charge on any atom is 0.310 e. The van der Waals surface area contributed by atoms with Crippen molar-refractivity contribution in [3.05, 3.63) is 11.6 Å². The summed E-state index contributed by atoms with van der Waals surface area (Å²) < 4.78 is 17.6. The van der Waals surface area contributed by atoms with Crippen molar-refractivity contribution in [1.82, 2.24) is 0 Å². The van der Waals surface area contributed by atoms with Gasteiger partial charge in [0.2, 0.25) is 0 Å². The molecule has 0 heterocycles. The number of carbonyl (C=O) groups is 4. The van der Waals surface area contributed by atoms with Crippen molar-refractivity contribution in [3.63, 3.8) is 0 Å². The van der Waals surface area contributed by atoms with Gasteiger partial charge in [-0.25, -0.2) is 0 Å². The maximum absolute atomic E-state index is 13.0. The Morgan fingerprint density at radius 1 is 0.818 bits per heavy atom. The summed E-state index contributed by atoms with van der Waals surface area (Å²) in [5.74, 6) is -1.66. The van der Waals surface area contributed by atoms with Crippen LogP contribution in [0.1, 0.15) is 120 Å². The monoisotopic (exact) mass is 614 g/mol. The number of rotatable bonds is 5. The zero-order valence-corrected chi connectivity index (χ0v) is 28.3. The van der Waals surface area contributed by atoms with Crippen LogP contribution in [0.4, 0.5) is 0 Å². The number of ether oxygens (including phenoxy) is 3. The molecule has 5 aliphatic rings. The van der Waals surface area contributed by atoms with Gasteiger partial charge in [0.1, 0.15) is 18.8 Å². The van der Waals surface area contributed by atoms with Crippen LogP contribution in [0.2, 0.25) is 0 Å². The van der Waals surface area contributed by atoms with Crippen LogP contribution in [0.15, 0.2) is 11.6 Å². The highest BCUT2D eigenvalue weighted by atomic mass is 16.6. The van der Waals surface area contributed by atoms with Gasteiger partial charge in [0, 0.05) is 26.2 Å². The Morgan fingerprint density at radius 3 is 2.05 bits per heavy atom. The SMILES string of the molecule is CC(=O)OC[C@]1(C)[C@@H]2CC[C@]3(C)[C@H](CC=C4[C@@H]5CC(C)(C)CC[C@]5(C(=O)O)CC[C@]43C)[C@@]2(C)C[C@@H](OC(C)=O)[C@H]1OC(C)=O. The standard InChI is InChI=1S/C36H54O8/c1-21(37)42-20-33(7)27-12-13-35(9)28(32(27,6)19-26(43-22(2)38)29(33)44-23(3)39)11-10-24-25-18-31(4,5)14-16-36(25,30(40)41)17-15-34(24,35)8/h10,25-29H,11-20H2,1-9H3,(H,40,41)/t25-,26+,27+,28+,29+,32-,33+,34+,35+,36-/m0/s1. The minimum atomic E-state index is -0.769. The van der Waals surface area contributed by atoms with Crippen LogP contribution in [0.25, 0.3) is 0 Å². The highest BCUT2D eigenvalue weighted by Crippen LogP contribution is 2.76. The largest absolute Gasteiger partial charge is 0.481 e. The van der Waals surface area contributed by atoms with Gasteiger partial charge in [-0.15, -0.1) is 0 Å². The van der Waals surface area contributed by atoms with Crippen LogP contribution >= 0.6 is 0 Å². The van der Waals surface area contributed by atoms with E-state index in [1.165, 1.54) is 26.3 Å². The van der Waals surface area contributed by atoms with Crippen molar-refractivity contribution in [2.45, 2.75) is 132 Å². The number of carboxylic acids is 1. The summed E-state index contributed by atoms with van der Waals surface area (Å²) in [5.41, 5.74) is -0.632. The van der Waals surface area contributed by atoms with Crippen LogP contribution in [-0.4, -0.2) is 47.8 Å². The molecule has 8 nitrogen and oxygen atoms in total. The maximum atomic E-state index is 13.0. The highest BCUT2D eigenvalue weighted by molar-refractivity contribution is 5.76. The van der Waals surface area contributed by atoms with Crippen molar-refractivity contribution >= 4 is 23.9 Å². The second-order valence-corrected chi connectivity index (χ2v) is 16.8. The lowest BCUT2D eigenvalue weighted by atomic mass is 9.33. The lowest BCUT2D eigenvalue weighted by molar-refractivity contribution is -0.255. The van der Waals surface area contributed by atoms with Gasteiger partial charge in [-0.1, -0.05) is 53.2 Å². The van der Waals surface area contributed by atoms with E-state index in [1.807, 2.05) is 6.92 Å². The van der Waals surface area contributed by atoms with E-state index in [9.17, 15) is 24.3 Å². The third-order valence-electron chi connectivity index (χ3n) is 14.0. The Kier molecular flexibility index (Phi) is 7.94. The third kappa shape index (κ3) is 4.74. The second-order valence-electron chi connectivity index (χ2n) is 16.8. The van der Waals surface area contributed by atoms with Gasteiger partial charge in [-0.05, 0) is 97.2 Å². The average Bonchev–Trinajstić information content (AvgIpc) is 2.89. The quantitative estimate of drug-likeness (QED) is 0.202. The first-order chi connectivity index (χ1) is 20.3. The number of fused-ring (bicyclic) bond motifs is 7. The zero-order chi connectivity index (χ0) is 32.7. The summed E-state index contributed by atoms with van der Waals surface area (Å²) in [4.78, 5) is 49.9. The summed E-state index contributed by atoms with van der Waals surface area (Å²) in [6.07, 6.45) is 8.19.